The normalized spacial score (nSPS) is 22.1. The number of hydrogen-bond donors (Lipinski definition) is 1. The first-order chi connectivity index (χ1) is 10.1. The first-order valence-corrected chi connectivity index (χ1v) is 7.45. The number of aryl methyl sites for hydroxylation is 1. The molecule has 0 saturated carbocycles. The van der Waals surface area contributed by atoms with Gasteiger partial charge < -0.3 is 14.6 Å². The topological polar surface area (TPSA) is 56.9 Å². The van der Waals surface area contributed by atoms with Gasteiger partial charge in [-0.2, -0.15) is 5.10 Å². The Balaban J connectivity index is 1.70. The van der Waals surface area contributed by atoms with Gasteiger partial charge in [0.2, 0.25) is 0 Å². The highest BCUT2D eigenvalue weighted by atomic mass is 35.5. The summed E-state index contributed by atoms with van der Waals surface area (Å²) < 4.78 is 9.67. The summed E-state index contributed by atoms with van der Waals surface area (Å²) in [6, 6.07) is 0.267. The lowest BCUT2D eigenvalue weighted by Gasteiger charge is -2.19. The third-order valence-electron chi connectivity index (χ3n) is 4.22. The number of imidazole rings is 1. The van der Waals surface area contributed by atoms with Gasteiger partial charge in [0.05, 0.1) is 18.9 Å². The summed E-state index contributed by atoms with van der Waals surface area (Å²) in [6.45, 7) is 3.50. The summed E-state index contributed by atoms with van der Waals surface area (Å²) in [5, 5.41) is 8.49. The van der Waals surface area contributed by atoms with Crippen LogP contribution < -0.4 is 5.32 Å². The quantitative estimate of drug-likeness (QED) is 0.934. The molecule has 3 heterocycles. The third-order valence-corrected chi connectivity index (χ3v) is 4.57. The summed E-state index contributed by atoms with van der Waals surface area (Å²) in [4.78, 5) is 4.31. The van der Waals surface area contributed by atoms with Crippen molar-refractivity contribution in [3.05, 3.63) is 34.6 Å². The molecule has 1 fully saturated rings. The van der Waals surface area contributed by atoms with Crippen LogP contribution in [0.15, 0.2) is 12.4 Å². The van der Waals surface area contributed by atoms with Gasteiger partial charge in [0.1, 0.15) is 17.1 Å². The van der Waals surface area contributed by atoms with Crippen LogP contribution in [0.1, 0.15) is 29.6 Å². The zero-order chi connectivity index (χ0) is 15.0. The average Bonchev–Trinajstić information content (AvgIpc) is 3.13. The van der Waals surface area contributed by atoms with Crippen LogP contribution in [-0.4, -0.2) is 32.0 Å². The molecule has 0 unspecified atom stereocenters. The Hall–Kier alpha value is -1.37. The van der Waals surface area contributed by atoms with Crippen LogP contribution >= 0.6 is 11.6 Å². The van der Waals surface area contributed by atoms with Gasteiger partial charge in [-0.15, -0.1) is 0 Å². The van der Waals surface area contributed by atoms with Crippen molar-refractivity contribution in [3.8, 4) is 0 Å². The van der Waals surface area contributed by atoms with Crippen molar-refractivity contribution in [2.24, 2.45) is 14.1 Å². The minimum atomic E-state index is 0.0504. The van der Waals surface area contributed by atoms with Gasteiger partial charge in [-0.25, -0.2) is 4.98 Å². The molecule has 0 aromatic carbocycles. The Bertz CT molecular complexity index is 635. The Kier molecular flexibility index (Phi) is 4.01. The molecule has 1 saturated heterocycles. The van der Waals surface area contributed by atoms with Crippen molar-refractivity contribution >= 4 is 11.6 Å². The lowest BCUT2D eigenvalue weighted by Crippen LogP contribution is -2.32. The molecule has 2 atom stereocenters. The van der Waals surface area contributed by atoms with E-state index in [1.165, 1.54) is 0 Å². The number of nitrogens with zero attached hydrogens (tertiary/aromatic N) is 4. The van der Waals surface area contributed by atoms with E-state index in [-0.39, 0.29) is 12.1 Å². The highest BCUT2D eigenvalue weighted by Gasteiger charge is 2.31. The fourth-order valence-corrected chi connectivity index (χ4v) is 2.86. The Morgan fingerprint density at radius 2 is 2.24 bits per heavy atom. The number of halogens is 1. The van der Waals surface area contributed by atoms with Crippen LogP contribution in [0.2, 0.25) is 5.15 Å². The summed E-state index contributed by atoms with van der Waals surface area (Å²) in [5.74, 6) is 0.925. The molecule has 1 aliphatic heterocycles. The largest absolute Gasteiger partial charge is 0.372 e. The highest BCUT2D eigenvalue weighted by Crippen LogP contribution is 2.31. The molecule has 2 aromatic heterocycles. The predicted octanol–water partition coefficient (Wildman–Crippen LogP) is 1.74. The Morgan fingerprint density at radius 1 is 1.43 bits per heavy atom. The van der Waals surface area contributed by atoms with Gasteiger partial charge in [-0.05, 0) is 13.3 Å². The molecule has 21 heavy (non-hydrogen) atoms. The van der Waals surface area contributed by atoms with Crippen LogP contribution in [0.3, 0.4) is 0 Å². The first kappa shape index (κ1) is 14.6. The molecule has 114 valence electrons. The first-order valence-electron chi connectivity index (χ1n) is 7.07. The van der Waals surface area contributed by atoms with E-state index in [9.17, 15) is 0 Å². The van der Waals surface area contributed by atoms with Crippen LogP contribution in [0.4, 0.5) is 0 Å². The Labute approximate surface area is 129 Å². The molecule has 1 aliphatic rings. The van der Waals surface area contributed by atoms with Gasteiger partial charge in [-0.3, -0.25) is 4.68 Å². The number of ether oxygens (including phenoxy) is 1. The van der Waals surface area contributed by atoms with Crippen molar-refractivity contribution in [2.45, 2.75) is 32.0 Å². The second kappa shape index (κ2) is 5.79. The van der Waals surface area contributed by atoms with Crippen molar-refractivity contribution in [2.75, 3.05) is 6.61 Å². The van der Waals surface area contributed by atoms with E-state index in [4.69, 9.17) is 16.3 Å². The van der Waals surface area contributed by atoms with Crippen molar-refractivity contribution in [1.29, 1.82) is 0 Å². The maximum Gasteiger partial charge on any atom is 0.128 e. The predicted molar refractivity (Wildman–Crippen MR) is 80.1 cm³/mol. The SMILES string of the molecule is Cc1c([C@H]2OCC[C@@H]2NCc2ncc(Cl)n2C)cnn1C. The monoisotopic (exact) mass is 309 g/mol. The van der Waals surface area contributed by atoms with E-state index < -0.39 is 0 Å². The van der Waals surface area contributed by atoms with E-state index >= 15 is 0 Å². The number of aromatic nitrogens is 4. The molecule has 1 N–H and O–H groups in total. The van der Waals surface area contributed by atoms with E-state index in [1.807, 2.05) is 29.5 Å². The van der Waals surface area contributed by atoms with Crippen LogP contribution in [0.5, 0.6) is 0 Å². The van der Waals surface area contributed by atoms with Gasteiger partial charge in [0.25, 0.3) is 0 Å². The van der Waals surface area contributed by atoms with Crippen molar-refractivity contribution in [3.63, 3.8) is 0 Å². The fraction of sp³-hybridized carbons (Fsp3) is 0.571. The minimum Gasteiger partial charge on any atom is -0.372 e. The summed E-state index contributed by atoms with van der Waals surface area (Å²) >= 11 is 6.01. The molecule has 3 rings (SSSR count). The molecule has 0 amide bonds. The number of nitrogens with one attached hydrogen (secondary N) is 1. The summed E-state index contributed by atoms with van der Waals surface area (Å²) in [6.07, 6.45) is 4.61. The smallest absolute Gasteiger partial charge is 0.128 e. The van der Waals surface area contributed by atoms with E-state index in [0.29, 0.717) is 11.7 Å². The summed E-state index contributed by atoms with van der Waals surface area (Å²) in [7, 11) is 3.87. The zero-order valence-electron chi connectivity index (χ0n) is 12.5. The molecular weight excluding hydrogens is 290 g/mol. The van der Waals surface area contributed by atoms with E-state index in [1.54, 1.807) is 6.20 Å². The van der Waals surface area contributed by atoms with Gasteiger partial charge in [0.15, 0.2) is 0 Å². The minimum absolute atomic E-state index is 0.0504. The van der Waals surface area contributed by atoms with Crippen LogP contribution in [0.25, 0.3) is 0 Å². The third kappa shape index (κ3) is 2.71. The maximum absolute atomic E-state index is 6.01. The van der Waals surface area contributed by atoms with Gasteiger partial charge in [0, 0.05) is 38.0 Å². The standard InChI is InChI=1S/C14H20ClN5O/c1-9-10(6-18-20(9)3)14-11(4-5-21-14)16-8-13-17-7-12(15)19(13)2/h6-7,11,14,16H,4-5,8H2,1-3H3/t11-,14+/m0/s1. The molecule has 6 nitrogen and oxygen atoms in total. The lowest BCUT2D eigenvalue weighted by atomic mass is 10.0. The molecule has 0 spiro atoms. The second-order valence-electron chi connectivity index (χ2n) is 5.43. The van der Waals surface area contributed by atoms with E-state index in [2.05, 4.69) is 22.3 Å². The number of rotatable bonds is 4. The van der Waals surface area contributed by atoms with Crippen molar-refractivity contribution in [1.82, 2.24) is 24.6 Å². The van der Waals surface area contributed by atoms with Crippen molar-refractivity contribution < 1.29 is 4.74 Å². The lowest BCUT2D eigenvalue weighted by molar-refractivity contribution is 0.0977. The zero-order valence-corrected chi connectivity index (χ0v) is 13.3. The van der Waals surface area contributed by atoms with Crippen LogP contribution in [-0.2, 0) is 25.4 Å². The molecule has 0 radical (unpaired) electrons. The number of hydrogen-bond acceptors (Lipinski definition) is 4. The average molecular weight is 310 g/mol. The summed E-state index contributed by atoms with van der Waals surface area (Å²) in [5.41, 5.74) is 2.30. The maximum atomic E-state index is 6.01. The molecule has 2 aromatic rings. The van der Waals surface area contributed by atoms with E-state index in [0.717, 1.165) is 30.1 Å². The van der Waals surface area contributed by atoms with Crippen LogP contribution in [0, 0.1) is 6.92 Å². The molecule has 0 aliphatic carbocycles. The molecule has 7 heteroatoms. The highest BCUT2D eigenvalue weighted by molar-refractivity contribution is 6.29. The second-order valence-corrected chi connectivity index (χ2v) is 5.82. The molecular formula is C14H20ClN5O. The van der Waals surface area contributed by atoms with Gasteiger partial charge >= 0.3 is 0 Å². The fourth-order valence-electron chi connectivity index (χ4n) is 2.71. The Morgan fingerprint density at radius 3 is 2.86 bits per heavy atom. The van der Waals surface area contributed by atoms with Gasteiger partial charge in [-0.1, -0.05) is 11.6 Å². The molecule has 0 bridgehead atoms.